The first-order valence-corrected chi connectivity index (χ1v) is 7.97. The predicted molar refractivity (Wildman–Crippen MR) is 83.6 cm³/mol. The smallest absolute Gasteiger partial charge is 0.254 e. The second kappa shape index (κ2) is 6.48. The number of carbonyl (C=O) groups excluding carboxylic acids is 1. The van der Waals surface area contributed by atoms with E-state index in [4.69, 9.17) is 5.73 Å². The number of carbonyl (C=O) groups is 1. The summed E-state index contributed by atoms with van der Waals surface area (Å²) >= 11 is 0. The van der Waals surface area contributed by atoms with Gasteiger partial charge in [0.05, 0.1) is 11.7 Å². The number of hydrogen-bond acceptors (Lipinski definition) is 6. The molecule has 3 rings (SSSR count). The SMILES string of the molecule is NC(=O)c1cnc(NC2CCC(O)CC2)nc1NCC1CC1. The van der Waals surface area contributed by atoms with Crippen LogP contribution >= 0.6 is 0 Å². The molecule has 0 saturated heterocycles. The number of hydrogen-bond donors (Lipinski definition) is 4. The van der Waals surface area contributed by atoms with Gasteiger partial charge in [-0.15, -0.1) is 0 Å². The van der Waals surface area contributed by atoms with Crippen LogP contribution in [-0.4, -0.2) is 39.7 Å². The van der Waals surface area contributed by atoms with Crippen molar-refractivity contribution in [1.29, 1.82) is 0 Å². The molecular formula is C15H23N5O2. The molecule has 0 unspecified atom stereocenters. The third kappa shape index (κ3) is 3.85. The van der Waals surface area contributed by atoms with E-state index in [0.717, 1.165) is 32.2 Å². The average molecular weight is 305 g/mol. The van der Waals surface area contributed by atoms with E-state index in [2.05, 4.69) is 20.6 Å². The van der Waals surface area contributed by atoms with Gasteiger partial charge in [-0.25, -0.2) is 4.98 Å². The Labute approximate surface area is 129 Å². The summed E-state index contributed by atoms with van der Waals surface area (Å²) in [6.45, 7) is 0.812. The van der Waals surface area contributed by atoms with Gasteiger partial charge in [0.2, 0.25) is 5.95 Å². The molecule has 0 bridgehead atoms. The summed E-state index contributed by atoms with van der Waals surface area (Å²) in [6.07, 6.45) is 7.11. The number of nitrogens with one attached hydrogen (secondary N) is 2. The minimum atomic E-state index is -0.523. The number of nitrogens with two attached hydrogens (primary N) is 1. The lowest BCUT2D eigenvalue weighted by Gasteiger charge is -2.26. The Hall–Kier alpha value is -1.89. The minimum absolute atomic E-state index is 0.188. The second-order valence-corrected chi connectivity index (χ2v) is 6.29. The van der Waals surface area contributed by atoms with Crippen LogP contribution in [0.1, 0.15) is 48.9 Å². The molecule has 2 aliphatic carbocycles. The topological polar surface area (TPSA) is 113 Å². The molecule has 7 heteroatoms. The van der Waals surface area contributed by atoms with E-state index < -0.39 is 5.91 Å². The summed E-state index contributed by atoms with van der Waals surface area (Å²) in [5.74, 6) is 1.16. The Kier molecular flexibility index (Phi) is 4.42. The molecule has 2 aliphatic rings. The molecule has 0 atom stereocenters. The zero-order valence-corrected chi connectivity index (χ0v) is 12.6. The molecule has 7 nitrogen and oxygen atoms in total. The van der Waals surface area contributed by atoms with Crippen molar-refractivity contribution < 1.29 is 9.90 Å². The first-order chi connectivity index (χ1) is 10.6. The summed E-state index contributed by atoms with van der Waals surface area (Å²) in [5, 5.41) is 16.0. The summed E-state index contributed by atoms with van der Waals surface area (Å²) in [5.41, 5.74) is 5.70. The maximum atomic E-state index is 11.5. The van der Waals surface area contributed by atoms with Crippen molar-refractivity contribution in [2.24, 2.45) is 11.7 Å². The van der Waals surface area contributed by atoms with Crippen LogP contribution in [0.2, 0.25) is 0 Å². The normalized spacial score (nSPS) is 24.8. The Morgan fingerprint density at radius 1 is 1.27 bits per heavy atom. The van der Waals surface area contributed by atoms with Gasteiger partial charge in [-0.1, -0.05) is 0 Å². The highest BCUT2D eigenvalue weighted by molar-refractivity contribution is 5.97. The van der Waals surface area contributed by atoms with Crippen molar-refractivity contribution in [2.75, 3.05) is 17.2 Å². The third-order valence-corrected chi connectivity index (χ3v) is 4.34. The largest absolute Gasteiger partial charge is 0.393 e. The zero-order chi connectivity index (χ0) is 15.5. The first-order valence-electron chi connectivity index (χ1n) is 7.97. The number of amides is 1. The van der Waals surface area contributed by atoms with E-state index in [9.17, 15) is 9.90 Å². The number of anilines is 2. The van der Waals surface area contributed by atoms with Gasteiger partial charge >= 0.3 is 0 Å². The van der Waals surface area contributed by atoms with E-state index in [-0.39, 0.29) is 12.1 Å². The number of nitrogens with zero attached hydrogens (tertiary/aromatic N) is 2. The van der Waals surface area contributed by atoms with Gasteiger partial charge in [0.25, 0.3) is 5.91 Å². The lowest BCUT2D eigenvalue weighted by molar-refractivity contribution is 0.100. The fourth-order valence-electron chi connectivity index (χ4n) is 2.73. The minimum Gasteiger partial charge on any atom is -0.393 e. The molecule has 1 aromatic rings. The van der Waals surface area contributed by atoms with Crippen LogP contribution in [0.5, 0.6) is 0 Å². The summed E-state index contributed by atoms with van der Waals surface area (Å²) in [7, 11) is 0. The van der Waals surface area contributed by atoms with E-state index in [1.165, 1.54) is 19.0 Å². The number of aromatic nitrogens is 2. The average Bonchev–Trinajstić information content (AvgIpc) is 3.32. The van der Waals surface area contributed by atoms with E-state index in [1.807, 2.05) is 0 Å². The number of aliphatic hydroxyl groups is 1. The van der Waals surface area contributed by atoms with Crippen molar-refractivity contribution in [3.8, 4) is 0 Å². The lowest BCUT2D eigenvalue weighted by atomic mass is 9.93. The van der Waals surface area contributed by atoms with E-state index in [0.29, 0.717) is 23.2 Å². The maximum Gasteiger partial charge on any atom is 0.254 e. The van der Waals surface area contributed by atoms with Crippen LogP contribution in [0.15, 0.2) is 6.20 Å². The molecule has 1 aromatic heterocycles. The van der Waals surface area contributed by atoms with E-state index >= 15 is 0 Å². The molecule has 0 aromatic carbocycles. The molecule has 120 valence electrons. The van der Waals surface area contributed by atoms with Gasteiger partial charge < -0.3 is 21.5 Å². The molecule has 2 saturated carbocycles. The predicted octanol–water partition coefficient (Wildman–Crippen LogP) is 1.11. The molecule has 1 amide bonds. The van der Waals surface area contributed by atoms with Gasteiger partial charge in [-0.2, -0.15) is 4.98 Å². The van der Waals surface area contributed by atoms with Gasteiger partial charge in [-0.05, 0) is 44.4 Å². The van der Waals surface area contributed by atoms with Crippen LogP contribution in [0, 0.1) is 5.92 Å². The maximum absolute atomic E-state index is 11.5. The highest BCUT2D eigenvalue weighted by Crippen LogP contribution is 2.29. The molecule has 2 fully saturated rings. The molecule has 0 radical (unpaired) electrons. The number of aliphatic hydroxyl groups excluding tert-OH is 1. The summed E-state index contributed by atoms with van der Waals surface area (Å²) in [4.78, 5) is 20.1. The van der Waals surface area contributed by atoms with Crippen molar-refractivity contribution in [3.05, 3.63) is 11.8 Å². The highest BCUT2D eigenvalue weighted by Gasteiger charge is 2.23. The van der Waals surface area contributed by atoms with Crippen LogP contribution in [-0.2, 0) is 0 Å². The lowest BCUT2D eigenvalue weighted by Crippen LogP contribution is -2.29. The van der Waals surface area contributed by atoms with Crippen LogP contribution in [0.3, 0.4) is 0 Å². The van der Waals surface area contributed by atoms with Gasteiger partial charge in [0, 0.05) is 18.8 Å². The van der Waals surface area contributed by atoms with Gasteiger partial charge in [-0.3, -0.25) is 4.79 Å². The standard InChI is InChI=1S/C15H23N5O2/c16-13(22)12-8-18-15(19-10-3-5-11(21)6-4-10)20-14(12)17-7-9-1-2-9/h8-11,21H,1-7H2,(H2,16,22)(H2,17,18,19,20). The van der Waals surface area contributed by atoms with Crippen LogP contribution < -0.4 is 16.4 Å². The van der Waals surface area contributed by atoms with Gasteiger partial charge in [0.1, 0.15) is 5.82 Å². The van der Waals surface area contributed by atoms with Crippen molar-refractivity contribution in [2.45, 2.75) is 50.7 Å². The number of rotatable bonds is 6. The molecule has 22 heavy (non-hydrogen) atoms. The summed E-state index contributed by atoms with van der Waals surface area (Å²) < 4.78 is 0. The van der Waals surface area contributed by atoms with Crippen LogP contribution in [0.25, 0.3) is 0 Å². The zero-order valence-electron chi connectivity index (χ0n) is 12.6. The first kappa shape index (κ1) is 15.0. The Bertz CT molecular complexity index is 539. The van der Waals surface area contributed by atoms with Crippen molar-refractivity contribution >= 4 is 17.7 Å². The number of primary amides is 1. The Morgan fingerprint density at radius 2 is 2.00 bits per heavy atom. The fraction of sp³-hybridized carbons (Fsp3) is 0.667. The molecule has 5 N–H and O–H groups in total. The Balaban J connectivity index is 1.68. The molecule has 0 aliphatic heterocycles. The highest BCUT2D eigenvalue weighted by atomic mass is 16.3. The van der Waals surface area contributed by atoms with Crippen molar-refractivity contribution in [3.63, 3.8) is 0 Å². The molecular weight excluding hydrogens is 282 g/mol. The summed E-state index contributed by atoms with van der Waals surface area (Å²) in [6, 6.07) is 0.263. The second-order valence-electron chi connectivity index (χ2n) is 6.29. The van der Waals surface area contributed by atoms with Gasteiger partial charge in [0.15, 0.2) is 0 Å². The molecule has 0 spiro atoms. The quantitative estimate of drug-likeness (QED) is 0.626. The van der Waals surface area contributed by atoms with Crippen molar-refractivity contribution in [1.82, 2.24) is 9.97 Å². The fourth-order valence-corrected chi connectivity index (χ4v) is 2.73. The Morgan fingerprint density at radius 3 is 2.64 bits per heavy atom. The molecule has 1 heterocycles. The monoisotopic (exact) mass is 305 g/mol. The third-order valence-electron chi connectivity index (χ3n) is 4.34. The van der Waals surface area contributed by atoms with Crippen LogP contribution in [0.4, 0.5) is 11.8 Å². The van der Waals surface area contributed by atoms with E-state index in [1.54, 1.807) is 0 Å².